The summed E-state index contributed by atoms with van der Waals surface area (Å²) in [4.78, 5) is 4.19. The van der Waals surface area contributed by atoms with Gasteiger partial charge in [-0.3, -0.25) is 0 Å². The fourth-order valence-electron chi connectivity index (χ4n) is 1.51. The van der Waals surface area contributed by atoms with Crippen molar-refractivity contribution in [1.82, 2.24) is 0 Å². The molecule has 0 heterocycles. The lowest BCUT2D eigenvalue weighted by atomic mass is 9.97. The van der Waals surface area contributed by atoms with Crippen molar-refractivity contribution in [2.75, 3.05) is 7.11 Å². The molecule has 0 saturated heterocycles. The predicted molar refractivity (Wildman–Crippen MR) is 74.0 cm³/mol. The van der Waals surface area contributed by atoms with E-state index in [1.54, 1.807) is 7.11 Å². The Morgan fingerprint density at radius 2 is 1.89 bits per heavy atom. The van der Waals surface area contributed by atoms with Crippen LogP contribution in [0.15, 0.2) is 4.99 Å². The van der Waals surface area contributed by atoms with E-state index in [9.17, 15) is 0 Å². The highest BCUT2D eigenvalue weighted by atomic mass is 28.3. The van der Waals surface area contributed by atoms with E-state index in [2.05, 4.69) is 4.99 Å². The summed E-state index contributed by atoms with van der Waals surface area (Å²) >= 11 is 0. The maximum absolute atomic E-state index is 5.89. The average molecular weight is 276 g/mol. The van der Waals surface area contributed by atoms with E-state index in [0.29, 0.717) is 0 Å². The topological polar surface area (TPSA) is 92.1 Å². The minimum Gasteiger partial charge on any atom is -0.375 e. The molecule has 1 unspecified atom stereocenters. The Balaban J connectivity index is 4.72. The molecule has 0 aliphatic carbocycles. The monoisotopic (exact) mass is 276 g/mol. The van der Waals surface area contributed by atoms with Crippen molar-refractivity contribution in [1.29, 1.82) is 0 Å². The molecular weight excluding hydrogens is 250 g/mol. The Hall–Kier alpha value is -0.633. The molecule has 0 fully saturated rings. The molecule has 6 nitrogen and oxygen atoms in total. The van der Waals surface area contributed by atoms with E-state index in [-0.39, 0.29) is 18.1 Å². The molecule has 0 rings (SSSR count). The second-order valence-electron chi connectivity index (χ2n) is 4.80. The Bertz CT molecular complexity index is 268. The van der Waals surface area contributed by atoms with Crippen LogP contribution in [0.25, 0.3) is 0 Å². The van der Waals surface area contributed by atoms with Gasteiger partial charge < -0.3 is 24.7 Å². The van der Waals surface area contributed by atoms with Gasteiger partial charge in [-0.05, 0) is 34.1 Å². The molecule has 0 bridgehead atoms. The van der Waals surface area contributed by atoms with Crippen LogP contribution in [0.3, 0.4) is 0 Å². The van der Waals surface area contributed by atoms with Crippen molar-refractivity contribution >= 4 is 15.5 Å². The Morgan fingerprint density at radius 3 is 2.22 bits per heavy atom. The fourth-order valence-corrected chi connectivity index (χ4v) is 2.69. The highest BCUT2D eigenvalue weighted by Gasteiger charge is 2.35. The smallest absolute Gasteiger partial charge is 0.375 e. The molecule has 0 aliphatic heterocycles. The summed E-state index contributed by atoms with van der Waals surface area (Å²) in [5, 5.41) is 0. The molecule has 1 radical (unpaired) electrons. The van der Waals surface area contributed by atoms with Crippen LogP contribution in [-0.4, -0.2) is 40.3 Å². The van der Waals surface area contributed by atoms with Gasteiger partial charge in [0.15, 0.2) is 5.96 Å². The van der Waals surface area contributed by atoms with Crippen LogP contribution in [0.2, 0.25) is 0 Å². The largest absolute Gasteiger partial charge is 0.578 e. The molecule has 1 atom stereocenters. The lowest BCUT2D eigenvalue weighted by Gasteiger charge is -2.33. The van der Waals surface area contributed by atoms with Crippen molar-refractivity contribution < 1.29 is 13.3 Å². The zero-order valence-corrected chi connectivity index (χ0v) is 13.2. The molecule has 0 amide bonds. The van der Waals surface area contributed by atoms with Gasteiger partial charge in [-0.15, -0.1) is 0 Å². The van der Waals surface area contributed by atoms with Crippen LogP contribution in [0, 0.1) is 0 Å². The standard InChI is InChI=1S/C11H26N3O3Si/c1-7-9(14-10(12)13)11(4,5)17-18(15-6)16-8(2)3/h8-9H,7H2,1-6H3,(H4,12,13,14). The first-order valence-corrected chi connectivity index (χ1v) is 7.30. The average Bonchev–Trinajstić information content (AvgIpc) is 2.23. The van der Waals surface area contributed by atoms with Crippen LogP contribution >= 0.6 is 0 Å². The third-order valence-electron chi connectivity index (χ3n) is 2.34. The summed E-state index contributed by atoms with van der Waals surface area (Å²) in [5.74, 6) is 0.0643. The zero-order chi connectivity index (χ0) is 14.3. The number of nitrogens with two attached hydrogens (primary N) is 2. The van der Waals surface area contributed by atoms with Gasteiger partial charge in [0.05, 0.1) is 11.6 Å². The first-order valence-electron chi connectivity index (χ1n) is 6.08. The van der Waals surface area contributed by atoms with Crippen LogP contribution in [-0.2, 0) is 13.3 Å². The van der Waals surface area contributed by atoms with Crippen LogP contribution in [0.4, 0.5) is 0 Å². The summed E-state index contributed by atoms with van der Waals surface area (Å²) in [6, 6.07) is -0.131. The lowest BCUT2D eigenvalue weighted by molar-refractivity contribution is -0.00566. The number of hydrogen-bond donors (Lipinski definition) is 2. The normalized spacial score (nSPS) is 14.0. The first kappa shape index (κ1) is 17.4. The number of hydrogen-bond acceptors (Lipinski definition) is 4. The number of rotatable bonds is 8. The van der Waals surface area contributed by atoms with E-state index in [1.165, 1.54) is 0 Å². The quantitative estimate of drug-likeness (QED) is 0.390. The maximum Gasteiger partial charge on any atom is 0.578 e. The van der Waals surface area contributed by atoms with Crippen molar-refractivity contribution in [3.63, 3.8) is 0 Å². The fraction of sp³-hybridized carbons (Fsp3) is 0.909. The van der Waals surface area contributed by atoms with Gasteiger partial charge >= 0.3 is 9.53 Å². The van der Waals surface area contributed by atoms with Crippen LogP contribution in [0.1, 0.15) is 41.0 Å². The molecule has 107 valence electrons. The molecular formula is C11H26N3O3Si. The molecule has 0 aromatic rings. The number of guanidine groups is 1. The van der Waals surface area contributed by atoms with Crippen molar-refractivity contribution in [2.24, 2.45) is 16.5 Å². The van der Waals surface area contributed by atoms with E-state index in [4.69, 9.17) is 24.7 Å². The Labute approximate surface area is 112 Å². The van der Waals surface area contributed by atoms with Crippen LogP contribution < -0.4 is 11.5 Å². The summed E-state index contributed by atoms with van der Waals surface area (Å²) in [7, 11) is -0.203. The highest BCUT2D eigenvalue weighted by molar-refractivity contribution is 6.36. The maximum atomic E-state index is 5.89. The minimum atomic E-state index is -1.78. The van der Waals surface area contributed by atoms with E-state index in [1.807, 2.05) is 34.6 Å². The summed E-state index contributed by atoms with van der Waals surface area (Å²) in [6.07, 6.45) is 0.823. The molecule has 0 aromatic carbocycles. The van der Waals surface area contributed by atoms with Gasteiger partial charge in [0.1, 0.15) is 0 Å². The van der Waals surface area contributed by atoms with Crippen molar-refractivity contribution in [3.05, 3.63) is 0 Å². The third-order valence-corrected chi connectivity index (χ3v) is 4.03. The predicted octanol–water partition coefficient (Wildman–Crippen LogP) is 0.890. The molecule has 0 aromatic heterocycles. The Kier molecular flexibility index (Phi) is 7.45. The lowest BCUT2D eigenvalue weighted by Crippen LogP contribution is -2.46. The van der Waals surface area contributed by atoms with Crippen molar-refractivity contribution in [2.45, 2.75) is 58.8 Å². The third kappa shape index (κ3) is 6.34. The van der Waals surface area contributed by atoms with Crippen molar-refractivity contribution in [3.8, 4) is 0 Å². The SMILES string of the molecule is CCC(N=C(N)N)C(C)(C)O[Si](OC)OC(C)C. The van der Waals surface area contributed by atoms with Gasteiger partial charge in [-0.25, -0.2) is 4.99 Å². The van der Waals surface area contributed by atoms with E-state index < -0.39 is 15.1 Å². The molecule has 7 heteroatoms. The summed E-state index contributed by atoms with van der Waals surface area (Å²) < 4.78 is 16.7. The number of nitrogens with zero attached hydrogens (tertiary/aromatic N) is 1. The molecule has 0 spiro atoms. The van der Waals surface area contributed by atoms with Gasteiger partial charge in [0, 0.05) is 13.2 Å². The number of aliphatic imine (C=N–C) groups is 1. The Morgan fingerprint density at radius 1 is 1.33 bits per heavy atom. The second kappa shape index (κ2) is 7.73. The van der Waals surface area contributed by atoms with Crippen LogP contribution in [0.5, 0.6) is 0 Å². The summed E-state index contributed by atoms with van der Waals surface area (Å²) in [5.41, 5.74) is 10.3. The molecule has 18 heavy (non-hydrogen) atoms. The molecule has 0 aliphatic rings. The van der Waals surface area contributed by atoms with Gasteiger partial charge in [-0.1, -0.05) is 6.92 Å². The highest BCUT2D eigenvalue weighted by Crippen LogP contribution is 2.22. The van der Waals surface area contributed by atoms with Gasteiger partial charge in [-0.2, -0.15) is 0 Å². The van der Waals surface area contributed by atoms with Gasteiger partial charge in [0.2, 0.25) is 0 Å². The van der Waals surface area contributed by atoms with E-state index >= 15 is 0 Å². The summed E-state index contributed by atoms with van der Waals surface area (Å²) in [6.45, 7) is 9.74. The minimum absolute atomic E-state index is 0.0535. The zero-order valence-electron chi connectivity index (χ0n) is 12.2. The first-order chi connectivity index (χ1) is 8.22. The van der Waals surface area contributed by atoms with Gasteiger partial charge in [0.25, 0.3) is 0 Å². The van der Waals surface area contributed by atoms with E-state index in [0.717, 1.165) is 6.42 Å². The molecule has 4 N–H and O–H groups in total. The molecule has 0 saturated carbocycles. The second-order valence-corrected chi connectivity index (χ2v) is 6.15.